The number of aliphatic hydroxyl groups excluding tert-OH is 4. The summed E-state index contributed by atoms with van der Waals surface area (Å²) in [6.07, 6.45) is -20.4. The molecule has 17 atom stereocenters. The third-order valence-electron chi connectivity index (χ3n) is 11.2. The lowest BCUT2D eigenvalue weighted by Gasteiger charge is -2.51. The summed E-state index contributed by atoms with van der Waals surface area (Å²) in [5.74, 6) is 0. The quantitative estimate of drug-likeness (QED) is 0.124. The number of rotatable bonds is 11. The van der Waals surface area contributed by atoms with E-state index in [1.807, 2.05) is 6.07 Å². The van der Waals surface area contributed by atoms with Gasteiger partial charge in [-0.3, -0.25) is 4.90 Å². The Hall–Kier alpha value is -4.26. The Kier molecular flexibility index (Phi) is 13.5. The largest absolute Gasteiger partial charge is 0.445 e. The van der Waals surface area contributed by atoms with Crippen LogP contribution in [0.15, 0.2) is 60.7 Å². The number of nitrogens with zero attached hydrogens (tertiary/aromatic N) is 1. The maximum Gasteiger partial charge on any atom is 0.410 e. The van der Waals surface area contributed by atoms with E-state index in [4.69, 9.17) is 49.4 Å². The third kappa shape index (κ3) is 9.40. The zero-order chi connectivity index (χ0) is 42.0. The molecule has 59 heavy (non-hydrogen) atoms. The van der Waals surface area contributed by atoms with Gasteiger partial charge in [0.05, 0.1) is 30.8 Å². The maximum atomic E-state index is 16.2. The van der Waals surface area contributed by atoms with Crippen molar-refractivity contribution in [3.8, 4) is 0 Å². The number of aliphatic hydroxyl groups is 4. The summed E-state index contributed by atoms with van der Waals surface area (Å²) in [4.78, 5) is 40.0. The Morgan fingerprint density at radius 1 is 0.797 bits per heavy atom. The topological polar surface area (TPSA) is 285 Å². The molecule has 324 valence electrons. The van der Waals surface area contributed by atoms with Crippen molar-refractivity contribution in [1.29, 1.82) is 0 Å². The number of amides is 3. The number of halogens is 1. The van der Waals surface area contributed by atoms with Crippen LogP contribution in [0, 0.1) is 0 Å². The molecular weight excluding hydrogens is 785 g/mol. The van der Waals surface area contributed by atoms with Crippen LogP contribution >= 0.6 is 0 Å². The molecule has 1 saturated carbocycles. The summed E-state index contributed by atoms with van der Waals surface area (Å²) in [5, 5.41) is 47.3. The van der Waals surface area contributed by atoms with Gasteiger partial charge in [0.1, 0.15) is 55.9 Å². The second-order valence-electron chi connectivity index (χ2n) is 15.2. The fraction of sp³-hybridized carbons (Fsp3) is 0.605. The van der Waals surface area contributed by atoms with E-state index in [0.717, 1.165) is 5.56 Å². The van der Waals surface area contributed by atoms with Crippen LogP contribution in [0.1, 0.15) is 24.0 Å². The number of carbonyl (C=O) groups excluding carboxylic acids is 3. The lowest BCUT2D eigenvalue weighted by atomic mass is 9.84. The minimum Gasteiger partial charge on any atom is -0.445 e. The highest BCUT2D eigenvalue weighted by atomic mass is 19.1. The average Bonchev–Trinajstić information content (AvgIpc) is 3.54. The molecule has 5 fully saturated rings. The molecule has 2 aromatic rings. The summed E-state index contributed by atoms with van der Waals surface area (Å²) in [6, 6.07) is 12.2. The van der Waals surface area contributed by atoms with Crippen molar-refractivity contribution in [2.24, 2.45) is 11.5 Å². The molecule has 0 spiro atoms. The molecule has 0 bridgehead atoms. The first kappa shape index (κ1) is 42.8. The van der Waals surface area contributed by atoms with Crippen LogP contribution in [0.4, 0.5) is 18.8 Å². The smallest absolute Gasteiger partial charge is 0.410 e. The highest BCUT2D eigenvalue weighted by Gasteiger charge is 2.61. The molecular formula is C38H50FN5O15. The first-order valence-electron chi connectivity index (χ1n) is 19.3. The molecule has 4 heterocycles. The minimum atomic E-state index is -2.16. The van der Waals surface area contributed by atoms with E-state index < -0.39 is 129 Å². The molecule has 20 nitrogen and oxygen atoms in total. The van der Waals surface area contributed by atoms with Gasteiger partial charge in [0, 0.05) is 19.5 Å². The van der Waals surface area contributed by atoms with Crippen molar-refractivity contribution in [1.82, 2.24) is 15.5 Å². The SMILES string of the molecule is CN1C(=O)OC2C3O[C@H](O[C@@H]4C(N)C[C@@H](NC(=O)OCc5ccccc5)C(O)C4F)[C@@H](NC(=O)OCc4ccccc4)C[C@@H]3OC(O[C@H]3OC(CO)[C@@H](N)C(O)C3O)C21. The van der Waals surface area contributed by atoms with Crippen molar-refractivity contribution in [2.45, 2.75) is 130 Å². The van der Waals surface area contributed by atoms with Gasteiger partial charge in [0.15, 0.2) is 31.1 Å². The normalized spacial score (nSPS) is 39.3. The van der Waals surface area contributed by atoms with Gasteiger partial charge in [0.2, 0.25) is 0 Å². The van der Waals surface area contributed by atoms with Gasteiger partial charge >= 0.3 is 18.3 Å². The number of benzene rings is 2. The van der Waals surface area contributed by atoms with Gasteiger partial charge in [-0.05, 0) is 17.5 Å². The van der Waals surface area contributed by atoms with Gasteiger partial charge in [-0.1, -0.05) is 60.7 Å². The van der Waals surface area contributed by atoms with Crippen molar-refractivity contribution in [3.05, 3.63) is 71.8 Å². The first-order valence-corrected chi connectivity index (χ1v) is 19.3. The molecule has 0 aromatic heterocycles. The molecule has 7 rings (SSSR count). The van der Waals surface area contributed by atoms with Crippen molar-refractivity contribution in [2.75, 3.05) is 13.7 Å². The molecule has 4 saturated heterocycles. The Balaban J connectivity index is 1.07. The molecule has 5 aliphatic rings. The number of carbonyl (C=O) groups is 3. The van der Waals surface area contributed by atoms with Crippen molar-refractivity contribution in [3.63, 3.8) is 0 Å². The average molecular weight is 836 g/mol. The number of likely N-dealkylation sites (N-methyl/N-ethyl adjacent to an activating group) is 1. The number of hydrogen-bond acceptors (Lipinski definition) is 17. The maximum absolute atomic E-state index is 16.2. The van der Waals surface area contributed by atoms with Gasteiger partial charge in [-0.25, -0.2) is 18.8 Å². The zero-order valence-corrected chi connectivity index (χ0v) is 31.9. The van der Waals surface area contributed by atoms with Crippen molar-refractivity contribution < 1.29 is 77.1 Å². The number of nitrogens with two attached hydrogens (primary N) is 2. The summed E-state index contributed by atoms with van der Waals surface area (Å²) in [7, 11) is 1.41. The van der Waals surface area contributed by atoms with Crippen LogP contribution < -0.4 is 22.1 Å². The number of alkyl halides is 1. The predicted octanol–water partition coefficient (Wildman–Crippen LogP) is -1.17. The molecule has 4 aliphatic heterocycles. The highest BCUT2D eigenvalue weighted by molar-refractivity contribution is 5.71. The zero-order valence-electron chi connectivity index (χ0n) is 31.9. The molecule has 3 amide bonds. The molecule has 1 aliphatic carbocycles. The molecule has 21 heteroatoms. The Morgan fingerprint density at radius 2 is 1.41 bits per heavy atom. The van der Waals surface area contributed by atoms with Gasteiger partial charge in [-0.2, -0.15) is 0 Å². The van der Waals surface area contributed by atoms with E-state index in [1.54, 1.807) is 54.6 Å². The van der Waals surface area contributed by atoms with Gasteiger partial charge in [-0.15, -0.1) is 0 Å². The summed E-state index contributed by atoms with van der Waals surface area (Å²) in [5.41, 5.74) is 13.7. The summed E-state index contributed by atoms with van der Waals surface area (Å²) >= 11 is 0. The monoisotopic (exact) mass is 835 g/mol. The minimum absolute atomic E-state index is 0.0580. The number of hydrogen-bond donors (Lipinski definition) is 8. The second kappa shape index (κ2) is 18.6. The van der Waals surface area contributed by atoms with E-state index in [-0.39, 0.29) is 26.1 Å². The molecule has 10 N–H and O–H groups in total. The number of ether oxygens (including phenoxy) is 8. The second-order valence-corrected chi connectivity index (χ2v) is 15.2. The lowest BCUT2D eigenvalue weighted by molar-refractivity contribution is -0.371. The number of nitrogens with one attached hydrogen (secondary N) is 2. The fourth-order valence-electron chi connectivity index (χ4n) is 7.97. The van der Waals surface area contributed by atoms with Crippen LogP contribution in [0.3, 0.4) is 0 Å². The van der Waals surface area contributed by atoms with E-state index in [2.05, 4.69) is 10.6 Å². The van der Waals surface area contributed by atoms with Crippen LogP contribution in [0.25, 0.3) is 0 Å². The summed E-state index contributed by atoms with van der Waals surface area (Å²) in [6.45, 7) is -0.756. The van der Waals surface area contributed by atoms with Gasteiger partial charge in [0.25, 0.3) is 0 Å². The highest BCUT2D eigenvalue weighted by Crippen LogP contribution is 2.41. The van der Waals surface area contributed by atoms with Gasteiger partial charge < -0.3 is 80.4 Å². The van der Waals surface area contributed by atoms with Crippen LogP contribution in [0.2, 0.25) is 0 Å². The van der Waals surface area contributed by atoms with Crippen LogP contribution in [0.5, 0.6) is 0 Å². The first-order chi connectivity index (χ1) is 28.3. The molecule has 2 aromatic carbocycles. The van der Waals surface area contributed by atoms with Crippen molar-refractivity contribution >= 4 is 18.3 Å². The van der Waals surface area contributed by atoms with Crippen LogP contribution in [-0.2, 0) is 51.1 Å². The summed E-state index contributed by atoms with van der Waals surface area (Å²) < 4.78 is 63.1. The van der Waals surface area contributed by atoms with Crippen LogP contribution in [-0.4, -0.2) is 161 Å². The lowest BCUT2D eigenvalue weighted by Crippen LogP contribution is -2.69. The predicted molar refractivity (Wildman–Crippen MR) is 196 cm³/mol. The fourth-order valence-corrected chi connectivity index (χ4v) is 7.97. The Morgan fingerprint density at radius 3 is 2.02 bits per heavy atom. The number of alkyl carbamates (subject to hydrolysis) is 2. The van der Waals surface area contributed by atoms with E-state index in [1.165, 1.54) is 11.9 Å². The number of fused-ring (bicyclic) bond motifs is 3. The third-order valence-corrected chi connectivity index (χ3v) is 11.2. The molecule has 0 radical (unpaired) electrons. The standard InChI is InChI=1S/C38H50FN5O15/c1-44-26-32(58-38(44)51)31-22(54-34(26)59-35-29(48)28(47)25(41)23(14-45)55-35)13-21(43-37(50)53-16-18-10-6-3-7-11-18)33(57-31)56-30-19(40)12-20(27(46)24(30)39)42-36(49)52-15-17-8-4-2-5-9-17/h2-11,19-35,45-48H,12-16,40-41H2,1H3,(H,42,49)(H,43,50)/t19?,20-,21+,22+,23?,24?,25-,26?,27?,28?,29?,30-,31?,32?,33+,34?,35-/m1/s1. The van der Waals surface area contributed by atoms with E-state index >= 15 is 4.39 Å². The van der Waals surface area contributed by atoms with E-state index in [9.17, 15) is 34.8 Å². The molecule has 10 unspecified atom stereocenters. The Bertz CT molecular complexity index is 1740. The Labute approximate surface area is 337 Å². The van der Waals surface area contributed by atoms with E-state index in [0.29, 0.717) is 5.56 Å².